The molecule has 1 saturated heterocycles. The summed E-state index contributed by atoms with van der Waals surface area (Å²) in [6, 6.07) is 10.8. The van der Waals surface area contributed by atoms with Gasteiger partial charge in [0.05, 0.1) is 77.2 Å². The van der Waals surface area contributed by atoms with Crippen LogP contribution >= 0.6 is 0 Å². The number of piperidine rings is 1. The van der Waals surface area contributed by atoms with Gasteiger partial charge in [0.2, 0.25) is 11.8 Å². The molecule has 1 fully saturated rings. The van der Waals surface area contributed by atoms with Gasteiger partial charge in [-0.15, -0.1) is 0 Å². The van der Waals surface area contributed by atoms with E-state index in [0.717, 1.165) is 11.2 Å². The van der Waals surface area contributed by atoms with Gasteiger partial charge in [0.25, 0.3) is 11.8 Å². The van der Waals surface area contributed by atoms with E-state index in [2.05, 4.69) is 10.6 Å². The standard InChI is InChI=1S/C32H39N3O11/c36-22-23-4-6-24(7-5-23)46-21-20-45-19-18-44-17-16-43-15-14-42-13-12-41-11-10-33-26-3-1-2-25-29(26)32(40)35(31(25)39)27-8-9-28(37)34-30(27)38/h1-7,22,27,33H,8-21H2,(H,34,37,38). The molecule has 4 rings (SSSR count). The van der Waals surface area contributed by atoms with Crippen molar-refractivity contribution in [3.8, 4) is 5.75 Å². The molecule has 14 nitrogen and oxygen atoms in total. The number of benzene rings is 2. The SMILES string of the molecule is O=Cc1ccc(OCCOCCOCCOCCOCCOCCNc2cccc3c2C(=O)N(C2CCC(=O)NC2=O)C3=O)cc1. The summed E-state index contributed by atoms with van der Waals surface area (Å²) >= 11 is 0. The molecular formula is C32H39N3O11. The minimum absolute atomic E-state index is 0.0658. The molecule has 248 valence electrons. The Morgan fingerprint density at radius 1 is 0.739 bits per heavy atom. The van der Waals surface area contributed by atoms with E-state index in [-0.39, 0.29) is 24.0 Å². The number of amides is 4. The first-order valence-corrected chi connectivity index (χ1v) is 15.1. The molecule has 1 atom stereocenters. The lowest BCUT2D eigenvalue weighted by Gasteiger charge is -2.27. The van der Waals surface area contributed by atoms with Crippen molar-refractivity contribution in [3.05, 3.63) is 59.2 Å². The molecule has 0 aromatic heterocycles. The van der Waals surface area contributed by atoms with Crippen LogP contribution in [0, 0.1) is 0 Å². The number of aldehydes is 1. The highest BCUT2D eigenvalue weighted by molar-refractivity contribution is 6.25. The van der Waals surface area contributed by atoms with E-state index in [1.165, 1.54) is 0 Å². The summed E-state index contributed by atoms with van der Waals surface area (Å²) in [5.41, 5.74) is 1.50. The van der Waals surface area contributed by atoms with Crippen LogP contribution in [0.3, 0.4) is 0 Å². The summed E-state index contributed by atoms with van der Waals surface area (Å²) < 4.78 is 33.0. The zero-order valence-electron chi connectivity index (χ0n) is 25.5. The molecule has 2 heterocycles. The van der Waals surface area contributed by atoms with Gasteiger partial charge in [-0.2, -0.15) is 0 Å². The smallest absolute Gasteiger partial charge is 0.264 e. The zero-order chi connectivity index (χ0) is 32.6. The van der Waals surface area contributed by atoms with Crippen LogP contribution in [0.2, 0.25) is 0 Å². The fourth-order valence-electron chi connectivity index (χ4n) is 4.76. The maximum absolute atomic E-state index is 13.1. The Morgan fingerprint density at radius 2 is 1.33 bits per heavy atom. The number of carbonyl (C=O) groups is 5. The second kappa shape index (κ2) is 18.7. The van der Waals surface area contributed by atoms with Crippen molar-refractivity contribution >= 4 is 35.6 Å². The number of fused-ring (bicyclic) bond motifs is 1. The van der Waals surface area contributed by atoms with E-state index in [9.17, 15) is 24.0 Å². The predicted octanol–water partition coefficient (Wildman–Crippen LogP) is 1.47. The molecule has 46 heavy (non-hydrogen) atoms. The van der Waals surface area contributed by atoms with Crippen LogP contribution in [0.5, 0.6) is 5.75 Å². The third-order valence-corrected chi connectivity index (χ3v) is 7.03. The van der Waals surface area contributed by atoms with E-state index in [0.29, 0.717) is 96.2 Å². The number of rotatable bonds is 22. The fraction of sp³-hybridized carbons (Fsp3) is 0.469. The number of imide groups is 2. The Balaban J connectivity index is 0.956. The molecule has 4 amide bonds. The molecule has 0 saturated carbocycles. The minimum Gasteiger partial charge on any atom is -0.491 e. The fourth-order valence-corrected chi connectivity index (χ4v) is 4.76. The van der Waals surface area contributed by atoms with Gasteiger partial charge in [0.1, 0.15) is 24.7 Å². The molecule has 2 aromatic carbocycles. The summed E-state index contributed by atoms with van der Waals surface area (Å²) in [5.74, 6) is -1.49. The van der Waals surface area contributed by atoms with Gasteiger partial charge in [0, 0.05) is 24.2 Å². The van der Waals surface area contributed by atoms with Crippen LogP contribution in [0.15, 0.2) is 42.5 Å². The molecule has 0 bridgehead atoms. The molecule has 2 aliphatic heterocycles. The van der Waals surface area contributed by atoms with Crippen LogP contribution in [0.1, 0.15) is 43.9 Å². The zero-order valence-corrected chi connectivity index (χ0v) is 25.5. The van der Waals surface area contributed by atoms with Gasteiger partial charge < -0.3 is 33.7 Å². The first-order chi connectivity index (χ1) is 22.5. The normalized spacial score (nSPS) is 16.0. The maximum Gasteiger partial charge on any atom is 0.264 e. The van der Waals surface area contributed by atoms with Crippen molar-refractivity contribution < 1.29 is 52.4 Å². The molecule has 1 unspecified atom stereocenters. The topological polar surface area (TPSA) is 168 Å². The predicted molar refractivity (Wildman–Crippen MR) is 163 cm³/mol. The number of nitrogens with zero attached hydrogens (tertiary/aromatic N) is 1. The molecule has 2 N–H and O–H groups in total. The maximum atomic E-state index is 13.1. The second-order valence-electron chi connectivity index (χ2n) is 10.2. The first kappa shape index (κ1) is 34.7. The Bertz CT molecular complexity index is 1340. The quantitative estimate of drug-likeness (QED) is 0.108. The van der Waals surface area contributed by atoms with Crippen LogP contribution < -0.4 is 15.4 Å². The van der Waals surface area contributed by atoms with Crippen LogP contribution in [-0.4, -0.2) is 120 Å². The van der Waals surface area contributed by atoms with Crippen molar-refractivity contribution in [1.29, 1.82) is 0 Å². The summed E-state index contributed by atoms with van der Waals surface area (Å²) in [7, 11) is 0. The Morgan fingerprint density at radius 3 is 1.91 bits per heavy atom. The Labute approximate surface area is 266 Å². The van der Waals surface area contributed by atoms with E-state index >= 15 is 0 Å². The van der Waals surface area contributed by atoms with Gasteiger partial charge in [-0.05, 0) is 42.8 Å². The van der Waals surface area contributed by atoms with Crippen molar-refractivity contribution in [2.75, 3.05) is 84.5 Å². The lowest BCUT2D eigenvalue weighted by atomic mass is 10.0. The number of ether oxygens (including phenoxy) is 6. The largest absolute Gasteiger partial charge is 0.491 e. The molecule has 2 aliphatic rings. The number of hydrogen-bond donors (Lipinski definition) is 2. The van der Waals surface area contributed by atoms with Crippen molar-refractivity contribution in [1.82, 2.24) is 10.2 Å². The number of hydrogen-bond acceptors (Lipinski definition) is 12. The lowest BCUT2D eigenvalue weighted by Crippen LogP contribution is -2.54. The third-order valence-electron chi connectivity index (χ3n) is 7.03. The van der Waals surface area contributed by atoms with Crippen molar-refractivity contribution in [2.24, 2.45) is 0 Å². The molecule has 14 heteroatoms. The molecule has 0 spiro atoms. The van der Waals surface area contributed by atoms with E-state index in [4.69, 9.17) is 28.4 Å². The number of nitrogens with one attached hydrogen (secondary N) is 2. The first-order valence-electron chi connectivity index (χ1n) is 15.1. The van der Waals surface area contributed by atoms with Gasteiger partial charge in [0.15, 0.2) is 0 Å². The van der Waals surface area contributed by atoms with Crippen molar-refractivity contribution in [3.63, 3.8) is 0 Å². The van der Waals surface area contributed by atoms with E-state index in [1.807, 2.05) is 0 Å². The summed E-state index contributed by atoms with van der Waals surface area (Å²) in [5, 5.41) is 5.32. The Hall–Kier alpha value is -4.21. The lowest BCUT2D eigenvalue weighted by molar-refractivity contribution is -0.136. The van der Waals surface area contributed by atoms with Gasteiger partial charge in [-0.25, -0.2) is 0 Å². The third kappa shape index (κ3) is 10.2. The minimum atomic E-state index is -1.01. The van der Waals surface area contributed by atoms with Gasteiger partial charge >= 0.3 is 0 Å². The summed E-state index contributed by atoms with van der Waals surface area (Å²) in [4.78, 5) is 61.4. The highest BCUT2D eigenvalue weighted by Crippen LogP contribution is 2.32. The molecule has 0 aliphatic carbocycles. The number of carbonyl (C=O) groups excluding carboxylic acids is 5. The number of anilines is 1. The average molecular weight is 642 g/mol. The highest BCUT2D eigenvalue weighted by atomic mass is 16.6. The van der Waals surface area contributed by atoms with Crippen LogP contribution in [0.25, 0.3) is 0 Å². The second-order valence-corrected chi connectivity index (χ2v) is 10.2. The van der Waals surface area contributed by atoms with E-state index < -0.39 is 29.7 Å². The average Bonchev–Trinajstić information content (AvgIpc) is 3.32. The molecular weight excluding hydrogens is 602 g/mol. The van der Waals surface area contributed by atoms with Crippen LogP contribution in [-0.2, 0) is 33.3 Å². The Kier molecular flexibility index (Phi) is 14.1. The summed E-state index contributed by atoms with van der Waals surface area (Å²) in [6.07, 6.45) is 0.953. The highest BCUT2D eigenvalue weighted by Gasteiger charge is 2.45. The molecule has 2 aromatic rings. The van der Waals surface area contributed by atoms with Crippen LogP contribution in [0.4, 0.5) is 5.69 Å². The molecule has 0 radical (unpaired) electrons. The van der Waals surface area contributed by atoms with E-state index in [1.54, 1.807) is 42.5 Å². The van der Waals surface area contributed by atoms with Gasteiger partial charge in [-0.1, -0.05) is 6.07 Å². The monoisotopic (exact) mass is 641 g/mol. The van der Waals surface area contributed by atoms with Crippen molar-refractivity contribution in [2.45, 2.75) is 18.9 Å². The van der Waals surface area contributed by atoms with Gasteiger partial charge in [-0.3, -0.25) is 34.2 Å². The summed E-state index contributed by atoms with van der Waals surface area (Å²) in [6.45, 7) is 4.93.